The maximum atomic E-state index is 12.5. The maximum Gasteiger partial charge on any atom is 0.232 e. The van der Waals surface area contributed by atoms with Gasteiger partial charge in [0.05, 0.1) is 11.1 Å². The van der Waals surface area contributed by atoms with Crippen LogP contribution < -0.4 is 10.6 Å². The Bertz CT molecular complexity index is 460. The van der Waals surface area contributed by atoms with Gasteiger partial charge in [-0.2, -0.15) is 5.10 Å². The quantitative estimate of drug-likeness (QED) is 0.864. The number of nitrogens with zero attached hydrogens (tertiary/aromatic N) is 2. The van der Waals surface area contributed by atoms with Crippen molar-refractivity contribution in [2.24, 2.45) is 12.5 Å². The summed E-state index contributed by atoms with van der Waals surface area (Å²) >= 11 is 0. The molecule has 1 aromatic rings. The van der Waals surface area contributed by atoms with Crippen LogP contribution in [0.2, 0.25) is 0 Å². The first-order valence-electron chi connectivity index (χ1n) is 6.69. The highest BCUT2D eigenvalue weighted by Gasteiger charge is 2.38. The number of rotatable bonds is 3. The van der Waals surface area contributed by atoms with E-state index in [0.717, 1.165) is 36.5 Å². The highest BCUT2D eigenvalue weighted by molar-refractivity contribution is 6.00. The van der Waals surface area contributed by atoms with Crippen molar-refractivity contribution in [3.63, 3.8) is 0 Å². The zero-order valence-electron chi connectivity index (χ0n) is 11.6. The van der Waals surface area contributed by atoms with Crippen LogP contribution in [0.1, 0.15) is 39.3 Å². The Morgan fingerprint density at radius 2 is 2.00 bits per heavy atom. The van der Waals surface area contributed by atoms with Crippen LogP contribution in [-0.2, 0) is 18.3 Å². The molecule has 1 amide bonds. The second-order valence-electron chi connectivity index (χ2n) is 4.94. The number of carbonyl (C=O) groups is 1. The molecule has 0 atom stereocenters. The normalized spacial score (nSPS) is 17.7. The van der Waals surface area contributed by atoms with Crippen LogP contribution in [0.15, 0.2) is 0 Å². The summed E-state index contributed by atoms with van der Waals surface area (Å²) in [6.07, 6.45) is 2.49. The van der Waals surface area contributed by atoms with Gasteiger partial charge in [0.15, 0.2) is 0 Å². The molecule has 0 aromatic carbocycles. The summed E-state index contributed by atoms with van der Waals surface area (Å²) in [5, 5.41) is 10.9. The molecule has 5 nitrogen and oxygen atoms in total. The molecule has 0 bridgehead atoms. The Hall–Kier alpha value is -1.52. The van der Waals surface area contributed by atoms with Gasteiger partial charge in [-0.15, -0.1) is 0 Å². The Morgan fingerprint density at radius 1 is 1.33 bits per heavy atom. The maximum absolute atomic E-state index is 12.5. The van der Waals surface area contributed by atoms with Crippen LogP contribution in [0.5, 0.6) is 0 Å². The minimum absolute atomic E-state index is 0.112. The molecule has 0 spiro atoms. The molecule has 0 unspecified atom stereocenters. The van der Waals surface area contributed by atoms with E-state index in [1.807, 2.05) is 18.7 Å². The third kappa shape index (κ3) is 1.78. The molecule has 5 heteroatoms. The smallest absolute Gasteiger partial charge is 0.232 e. The molecule has 100 valence electrons. The minimum Gasteiger partial charge on any atom is -0.367 e. The van der Waals surface area contributed by atoms with Crippen molar-refractivity contribution in [2.75, 3.05) is 17.2 Å². The summed E-state index contributed by atoms with van der Waals surface area (Å²) in [5.74, 6) is 1.03. The summed E-state index contributed by atoms with van der Waals surface area (Å²) < 4.78 is 1.82. The van der Waals surface area contributed by atoms with E-state index in [1.54, 1.807) is 0 Å². The van der Waals surface area contributed by atoms with Crippen molar-refractivity contribution in [2.45, 2.75) is 40.0 Å². The number of aryl methyl sites for hydroxylation is 2. The first kappa shape index (κ1) is 12.9. The van der Waals surface area contributed by atoms with Gasteiger partial charge >= 0.3 is 0 Å². The number of hydrogen-bond donors (Lipinski definition) is 2. The molecule has 0 aliphatic carbocycles. The molecule has 0 radical (unpaired) electrons. The summed E-state index contributed by atoms with van der Waals surface area (Å²) in [7, 11) is 1.90. The predicted octanol–water partition coefficient (Wildman–Crippen LogP) is 2.15. The standard InChI is InChI=1S/C13H22N4O/c1-5-9-10-11(17(4)16-9)14-8-13(6-2,7-3)12(18)15-10/h14H,5-8H2,1-4H3,(H,15,18). The highest BCUT2D eigenvalue weighted by atomic mass is 16.2. The molecule has 0 fully saturated rings. The first-order chi connectivity index (χ1) is 8.57. The Labute approximate surface area is 108 Å². The summed E-state index contributed by atoms with van der Waals surface area (Å²) in [5.41, 5.74) is 1.48. The van der Waals surface area contributed by atoms with Crippen molar-refractivity contribution in [1.29, 1.82) is 0 Å². The van der Waals surface area contributed by atoms with Gasteiger partial charge in [-0.3, -0.25) is 9.48 Å². The van der Waals surface area contributed by atoms with E-state index in [1.165, 1.54) is 0 Å². The van der Waals surface area contributed by atoms with E-state index in [-0.39, 0.29) is 11.3 Å². The lowest BCUT2D eigenvalue weighted by Gasteiger charge is -2.28. The fourth-order valence-corrected chi connectivity index (χ4v) is 2.56. The van der Waals surface area contributed by atoms with E-state index in [0.29, 0.717) is 6.54 Å². The molecule has 2 heterocycles. The van der Waals surface area contributed by atoms with Crippen molar-refractivity contribution in [3.8, 4) is 0 Å². The SMILES string of the molecule is CCc1nn(C)c2c1NC(=O)C(CC)(CC)CN2. The van der Waals surface area contributed by atoms with Gasteiger partial charge < -0.3 is 10.6 Å². The van der Waals surface area contributed by atoms with Gasteiger partial charge in [0, 0.05) is 13.6 Å². The third-order valence-corrected chi connectivity index (χ3v) is 4.12. The Balaban J connectivity index is 2.42. The topological polar surface area (TPSA) is 59.0 Å². The molecule has 1 aromatic heterocycles. The second kappa shape index (κ2) is 4.63. The van der Waals surface area contributed by atoms with Crippen molar-refractivity contribution in [1.82, 2.24) is 9.78 Å². The number of fused-ring (bicyclic) bond motifs is 1. The minimum atomic E-state index is -0.315. The molecule has 0 saturated heterocycles. The average Bonchev–Trinajstić information content (AvgIpc) is 2.59. The molecule has 2 N–H and O–H groups in total. The fraction of sp³-hybridized carbons (Fsp3) is 0.692. The summed E-state index contributed by atoms with van der Waals surface area (Å²) in [6, 6.07) is 0. The Morgan fingerprint density at radius 3 is 2.56 bits per heavy atom. The van der Waals surface area contributed by atoms with Crippen LogP contribution in [0.25, 0.3) is 0 Å². The van der Waals surface area contributed by atoms with Gasteiger partial charge in [0.25, 0.3) is 0 Å². The number of aromatic nitrogens is 2. The molecule has 2 rings (SSSR count). The summed E-state index contributed by atoms with van der Waals surface area (Å²) in [4.78, 5) is 12.5. The first-order valence-corrected chi connectivity index (χ1v) is 6.69. The van der Waals surface area contributed by atoms with Gasteiger partial charge in [-0.05, 0) is 19.3 Å². The molecule has 1 aliphatic heterocycles. The summed E-state index contributed by atoms with van der Waals surface area (Å²) in [6.45, 7) is 6.85. The van der Waals surface area contributed by atoms with Gasteiger partial charge in [0.1, 0.15) is 11.5 Å². The fourth-order valence-electron chi connectivity index (χ4n) is 2.56. The predicted molar refractivity (Wildman–Crippen MR) is 72.7 cm³/mol. The number of hydrogen-bond acceptors (Lipinski definition) is 3. The van der Waals surface area contributed by atoms with E-state index in [2.05, 4.69) is 29.6 Å². The molecule has 18 heavy (non-hydrogen) atoms. The molecular formula is C13H22N4O. The van der Waals surface area contributed by atoms with Crippen LogP contribution in [0.4, 0.5) is 11.5 Å². The highest BCUT2D eigenvalue weighted by Crippen LogP contribution is 2.36. The molecular weight excluding hydrogens is 228 g/mol. The van der Waals surface area contributed by atoms with Crippen molar-refractivity contribution >= 4 is 17.4 Å². The van der Waals surface area contributed by atoms with E-state index < -0.39 is 0 Å². The van der Waals surface area contributed by atoms with Crippen LogP contribution in [0.3, 0.4) is 0 Å². The zero-order valence-corrected chi connectivity index (χ0v) is 11.6. The lowest BCUT2D eigenvalue weighted by atomic mass is 9.81. The largest absolute Gasteiger partial charge is 0.367 e. The van der Waals surface area contributed by atoms with Crippen LogP contribution in [-0.4, -0.2) is 22.2 Å². The molecule has 0 saturated carbocycles. The lowest BCUT2D eigenvalue weighted by molar-refractivity contribution is -0.125. The number of carbonyl (C=O) groups excluding carboxylic acids is 1. The van der Waals surface area contributed by atoms with E-state index in [9.17, 15) is 4.79 Å². The third-order valence-electron chi connectivity index (χ3n) is 4.12. The number of anilines is 2. The van der Waals surface area contributed by atoms with E-state index in [4.69, 9.17) is 0 Å². The van der Waals surface area contributed by atoms with Crippen molar-refractivity contribution in [3.05, 3.63) is 5.69 Å². The zero-order chi connectivity index (χ0) is 13.3. The second-order valence-corrected chi connectivity index (χ2v) is 4.94. The average molecular weight is 250 g/mol. The monoisotopic (exact) mass is 250 g/mol. The number of amides is 1. The van der Waals surface area contributed by atoms with E-state index >= 15 is 0 Å². The van der Waals surface area contributed by atoms with Crippen LogP contribution >= 0.6 is 0 Å². The van der Waals surface area contributed by atoms with Crippen molar-refractivity contribution < 1.29 is 4.79 Å². The number of nitrogens with one attached hydrogen (secondary N) is 2. The Kier molecular flexibility index (Phi) is 3.32. The van der Waals surface area contributed by atoms with Gasteiger partial charge in [-0.25, -0.2) is 0 Å². The van der Waals surface area contributed by atoms with Crippen LogP contribution in [0, 0.1) is 5.41 Å². The van der Waals surface area contributed by atoms with Gasteiger partial charge in [0.2, 0.25) is 5.91 Å². The lowest BCUT2D eigenvalue weighted by Crippen LogP contribution is -2.39. The molecule has 1 aliphatic rings. The van der Waals surface area contributed by atoms with Gasteiger partial charge in [-0.1, -0.05) is 20.8 Å².